The molecule has 1 heterocycles. The van der Waals surface area contributed by atoms with Gasteiger partial charge in [-0.05, 0) is 31.1 Å². The van der Waals surface area contributed by atoms with E-state index in [0.29, 0.717) is 11.8 Å². The molecule has 6 heteroatoms. The highest BCUT2D eigenvalue weighted by Gasteiger charge is 2.52. The summed E-state index contributed by atoms with van der Waals surface area (Å²) in [5.41, 5.74) is 0. The smallest absolute Gasteiger partial charge is 0.322 e. The first-order valence-corrected chi connectivity index (χ1v) is 6.55. The van der Waals surface area contributed by atoms with E-state index in [2.05, 4.69) is 4.18 Å². The molecule has 84 valence electrons. The molecule has 0 radical (unpaired) electrons. The lowest BCUT2D eigenvalue weighted by atomic mass is 9.85. The highest BCUT2D eigenvalue weighted by atomic mass is 32.3. The van der Waals surface area contributed by atoms with Gasteiger partial charge < -0.3 is 4.18 Å². The minimum absolute atomic E-state index is 0.0496. The third-order valence-electron chi connectivity index (χ3n) is 3.82. The SMILES string of the molecule is O=C1OS(=O)(=O)OC1C1CC2CCC1C2. The van der Waals surface area contributed by atoms with Crippen molar-refractivity contribution >= 4 is 16.4 Å². The predicted molar refractivity (Wildman–Crippen MR) is 48.8 cm³/mol. The Balaban J connectivity index is 1.81. The highest BCUT2D eigenvalue weighted by Crippen LogP contribution is 2.51. The molecule has 0 aromatic rings. The van der Waals surface area contributed by atoms with Gasteiger partial charge in [-0.15, -0.1) is 0 Å². The molecule has 2 aliphatic carbocycles. The summed E-state index contributed by atoms with van der Waals surface area (Å²) in [5, 5.41) is 0. The largest absolute Gasteiger partial charge is 0.452 e. The molecule has 0 aromatic heterocycles. The Kier molecular flexibility index (Phi) is 1.88. The van der Waals surface area contributed by atoms with Crippen LogP contribution in [0.15, 0.2) is 0 Å². The zero-order valence-corrected chi connectivity index (χ0v) is 8.90. The van der Waals surface area contributed by atoms with E-state index in [1.54, 1.807) is 0 Å². The summed E-state index contributed by atoms with van der Waals surface area (Å²) in [6.07, 6.45) is 3.43. The summed E-state index contributed by atoms with van der Waals surface area (Å²) >= 11 is 0. The highest BCUT2D eigenvalue weighted by molar-refractivity contribution is 7.82. The fraction of sp³-hybridized carbons (Fsp3) is 0.889. The van der Waals surface area contributed by atoms with E-state index in [-0.39, 0.29) is 5.92 Å². The first-order valence-electron chi connectivity index (χ1n) is 5.22. The van der Waals surface area contributed by atoms with Gasteiger partial charge in [-0.3, -0.25) is 0 Å². The minimum atomic E-state index is -4.05. The Bertz CT molecular complexity index is 401. The summed E-state index contributed by atoms with van der Waals surface area (Å²) in [4.78, 5) is 11.3. The predicted octanol–water partition coefficient (Wildman–Crippen LogP) is 0.609. The molecule has 5 nitrogen and oxygen atoms in total. The van der Waals surface area contributed by atoms with Crippen LogP contribution in [0.25, 0.3) is 0 Å². The molecular weight excluding hydrogens is 220 g/mol. The second-order valence-corrected chi connectivity index (χ2v) is 5.84. The Morgan fingerprint density at radius 3 is 2.47 bits per heavy atom. The van der Waals surface area contributed by atoms with Gasteiger partial charge in [0.2, 0.25) is 0 Å². The second-order valence-electron chi connectivity index (χ2n) is 4.67. The van der Waals surface area contributed by atoms with Crippen molar-refractivity contribution in [3.63, 3.8) is 0 Å². The Labute approximate surface area is 88.1 Å². The van der Waals surface area contributed by atoms with Crippen molar-refractivity contribution in [2.24, 2.45) is 17.8 Å². The fourth-order valence-corrected chi connectivity index (χ4v) is 4.06. The first kappa shape index (κ1) is 9.59. The van der Waals surface area contributed by atoms with E-state index in [9.17, 15) is 13.2 Å². The maximum absolute atomic E-state index is 11.3. The lowest BCUT2D eigenvalue weighted by Crippen LogP contribution is -2.30. The molecule has 2 bridgehead atoms. The second kappa shape index (κ2) is 2.95. The molecule has 2 saturated carbocycles. The first-order chi connectivity index (χ1) is 7.05. The number of hydrogen-bond acceptors (Lipinski definition) is 5. The summed E-state index contributed by atoms with van der Waals surface area (Å²) < 4.78 is 30.8. The quantitative estimate of drug-likeness (QED) is 0.662. The molecule has 0 amide bonds. The van der Waals surface area contributed by atoms with Gasteiger partial charge in [0, 0.05) is 5.92 Å². The van der Waals surface area contributed by atoms with Gasteiger partial charge in [0.1, 0.15) is 0 Å². The molecule has 15 heavy (non-hydrogen) atoms. The van der Waals surface area contributed by atoms with Crippen molar-refractivity contribution in [1.82, 2.24) is 0 Å². The number of hydrogen-bond donors (Lipinski definition) is 0. The van der Waals surface area contributed by atoms with E-state index in [4.69, 9.17) is 4.18 Å². The molecule has 3 aliphatic rings. The Morgan fingerprint density at radius 2 is 2.00 bits per heavy atom. The molecule has 3 rings (SSSR count). The van der Waals surface area contributed by atoms with Crippen LogP contribution in [0.4, 0.5) is 0 Å². The summed E-state index contributed by atoms with van der Waals surface area (Å²) in [6.45, 7) is 0. The monoisotopic (exact) mass is 232 g/mol. The molecule has 4 unspecified atom stereocenters. The van der Waals surface area contributed by atoms with Crippen LogP contribution in [-0.4, -0.2) is 20.5 Å². The summed E-state index contributed by atoms with van der Waals surface area (Å²) in [7, 11) is -4.05. The third-order valence-corrected chi connectivity index (χ3v) is 4.63. The van der Waals surface area contributed by atoms with Crippen LogP contribution >= 0.6 is 0 Å². The topological polar surface area (TPSA) is 69.7 Å². The molecule has 1 aliphatic heterocycles. The van der Waals surface area contributed by atoms with Crippen molar-refractivity contribution in [2.45, 2.75) is 31.8 Å². The maximum Gasteiger partial charge on any atom is 0.452 e. The van der Waals surface area contributed by atoms with Crippen molar-refractivity contribution in [1.29, 1.82) is 0 Å². The van der Waals surface area contributed by atoms with E-state index >= 15 is 0 Å². The average Bonchev–Trinajstić information content (AvgIpc) is 2.78. The Hall–Kier alpha value is -0.620. The van der Waals surface area contributed by atoms with E-state index in [1.165, 1.54) is 6.42 Å². The fourth-order valence-electron chi connectivity index (χ4n) is 3.24. The van der Waals surface area contributed by atoms with E-state index < -0.39 is 22.5 Å². The number of rotatable bonds is 1. The zero-order chi connectivity index (χ0) is 10.6. The number of fused-ring (bicyclic) bond motifs is 2. The molecular formula is C9H12O5S. The van der Waals surface area contributed by atoms with Crippen LogP contribution in [0.1, 0.15) is 25.7 Å². The van der Waals surface area contributed by atoms with Crippen molar-refractivity contribution in [3.05, 3.63) is 0 Å². The third kappa shape index (κ3) is 1.47. The van der Waals surface area contributed by atoms with Crippen molar-refractivity contribution < 1.29 is 21.6 Å². The normalized spacial score (nSPS) is 47.1. The number of carbonyl (C=O) groups excluding carboxylic acids is 1. The van der Waals surface area contributed by atoms with Crippen LogP contribution in [-0.2, 0) is 23.6 Å². The van der Waals surface area contributed by atoms with Crippen molar-refractivity contribution in [2.75, 3.05) is 0 Å². The van der Waals surface area contributed by atoms with Gasteiger partial charge in [-0.2, -0.15) is 8.42 Å². The van der Waals surface area contributed by atoms with Gasteiger partial charge in [0.25, 0.3) is 0 Å². The van der Waals surface area contributed by atoms with Crippen LogP contribution in [0.2, 0.25) is 0 Å². The van der Waals surface area contributed by atoms with Gasteiger partial charge in [-0.1, -0.05) is 6.42 Å². The Morgan fingerprint density at radius 1 is 1.20 bits per heavy atom. The lowest BCUT2D eigenvalue weighted by molar-refractivity contribution is -0.138. The van der Waals surface area contributed by atoms with Crippen LogP contribution in [0.5, 0.6) is 0 Å². The molecule has 0 N–H and O–H groups in total. The minimum Gasteiger partial charge on any atom is -0.322 e. The number of carbonyl (C=O) groups is 1. The molecule has 3 fully saturated rings. The zero-order valence-electron chi connectivity index (χ0n) is 8.09. The standard InChI is InChI=1S/C9H12O5S/c10-9-8(13-15(11,12)14-9)7-4-5-1-2-6(7)3-5/h5-8H,1-4H2. The molecule has 0 spiro atoms. The van der Waals surface area contributed by atoms with Crippen LogP contribution in [0, 0.1) is 17.8 Å². The van der Waals surface area contributed by atoms with Gasteiger partial charge in [0.05, 0.1) is 0 Å². The molecule has 1 saturated heterocycles. The van der Waals surface area contributed by atoms with Crippen LogP contribution < -0.4 is 0 Å². The van der Waals surface area contributed by atoms with Gasteiger partial charge >= 0.3 is 16.4 Å². The van der Waals surface area contributed by atoms with Gasteiger partial charge in [-0.25, -0.2) is 8.98 Å². The molecule has 0 aromatic carbocycles. The maximum atomic E-state index is 11.3. The van der Waals surface area contributed by atoms with Crippen LogP contribution in [0.3, 0.4) is 0 Å². The average molecular weight is 232 g/mol. The lowest BCUT2D eigenvalue weighted by Gasteiger charge is -2.22. The summed E-state index contributed by atoms with van der Waals surface area (Å²) in [5.74, 6) is 0.418. The van der Waals surface area contributed by atoms with Crippen molar-refractivity contribution in [3.8, 4) is 0 Å². The molecule has 4 atom stereocenters. The van der Waals surface area contributed by atoms with Gasteiger partial charge in [0.15, 0.2) is 6.10 Å². The summed E-state index contributed by atoms with van der Waals surface area (Å²) in [6, 6.07) is 0. The van der Waals surface area contributed by atoms with E-state index in [0.717, 1.165) is 19.3 Å². The van der Waals surface area contributed by atoms with E-state index in [1.807, 2.05) is 0 Å².